The molecule has 2 rings (SSSR count). The summed E-state index contributed by atoms with van der Waals surface area (Å²) in [4.78, 5) is 22.1. The number of non-ortho nitro benzene ring substituents is 1. The lowest BCUT2D eigenvalue weighted by molar-refractivity contribution is -0.384. The maximum absolute atomic E-state index is 12.0. The summed E-state index contributed by atoms with van der Waals surface area (Å²) in [6, 6.07) is 13.1. The molecule has 2 aromatic rings. The zero-order valence-corrected chi connectivity index (χ0v) is 11.8. The van der Waals surface area contributed by atoms with Crippen molar-refractivity contribution in [1.82, 2.24) is 5.32 Å². The number of carbonyl (C=O) groups is 1. The normalized spacial score (nSPS) is 10.1. The van der Waals surface area contributed by atoms with Crippen LogP contribution < -0.4 is 5.32 Å². The molecule has 21 heavy (non-hydrogen) atoms. The van der Waals surface area contributed by atoms with Crippen LogP contribution in [0.3, 0.4) is 0 Å². The third-order valence-corrected chi connectivity index (χ3v) is 3.25. The third kappa shape index (κ3) is 4.03. The van der Waals surface area contributed by atoms with Crippen molar-refractivity contribution < 1.29 is 9.72 Å². The third-order valence-electron chi connectivity index (χ3n) is 2.94. The lowest BCUT2D eigenvalue weighted by Gasteiger charge is -2.06. The van der Waals surface area contributed by atoms with Crippen LogP contribution in [0.4, 0.5) is 5.69 Å². The van der Waals surface area contributed by atoms with E-state index in [9.17, 15) is 14.9 Å². The molecule has 0 saturated carbocycles. The Morgan fingerprint density at radius 2 is 1.86 bits per heavy atom. The Morgan fingerprint density at radius 3 is 2.48 bits per heavy atom. The maximum Gasteiger partial charge on any atom is 0.269 e. The Bertz CT molecular complexity index is 656. The molecule has 0 aliphatic carbocycles. The molecule has 0 spiro atoms. The zero-order valence-electron chi connectivity index (χ0n) is 11.1. The van der Waals surface area contributed by atoms with Crippen LogP contribution in [0.25, 0.3) is 0 Å². The monoisotopic (exact) mass is 304 g/mol. The Balaban J connectivity index is 1.98. The summed E-state index contributed by atoms with van der Waals surface area (Å²) in [6.07, 6.45) is 0. The second-order valence-electron chi connectivity index (χ2n) is 4.44. The van der Waals surface area contributed by atoms with Gasteiger partial charge in [-0.2, -0.15) is 0 Å². The molecule has 1 N–H and O–H groups in total. The van der Waals surface area contributed by atoms with Gasteiger partial charge < -0.3 is 5.32 Å². The summed E-state index contributed by atoms with van der Waals surface area (Å²) < 4.78 is 0. The van der Waals surface area contributed by atoms with Crippen molar-refractivity contribution in [3.63, 3.8) is 0 Å². The molecule has 0 unspecified atom stereocenters. The molecular formula is C15H13ClN2O3. The van der Waals surface area contributed by atoms with Crippen LogP contribution >= 0.6 is 11.6 Å². The fraction of sp³-hybridized carbons (Fsp3) is 0.133. The summed E-state index contributed by atoms with van der Waals surface area (Å²) in [7, 11) is 0. The standard InChI is InChI=1S/C15H13ClN2O3/c16-9-12-2-1-3-13(8-12)15(19)17-10-11-4-6-14(7-5-11)18(20)21/h1-8H,9-10H2,(H,17,19). The van der Waals surface area contributed by atoms with Crippen LogP contribution in [0.1, 0.15) is 21.5 Å². The van der Waals surface area contributed by atoms with E-state index in [0.717, 1.165) is 11.1 Å². The number of carbonyl (C=O) groups excluding carboxylic acids is 1. The molecule has 0 aromatic heterocycles. The average molecular weight is 305 g/mol. The molecule has 0 saturated heterocycles. The Labute approximate surface area is 126 Å². The molecular weight excluding hydrogens is 292 g/mol. The lowest BCUT2D eigenvalue weighted by atomic mass is 10.1. The minimum Gasteiger partial charge on any atom is -0.348 e. The van der Waals surface area contributed by atoms with E-state index in [4.69, 9.17) is 11.6 Å². The van der Waals surface area contributed by atoms with Gasteiger partial charge in [0.15, 0.2) is 0 Å². The average Bonchev–Trinajstić information content (AvgIpc) is 2.53. The first-order chi connectivity index (χ1) is 10.1. The number of rotatable bonds is 5. The van der Waals surface area contributed by atoms with Gasteiger partial charge in [-0.05, 0) is 23.3 Å². The molecule has 0 heterocycles. The van der Waals surface area contributed by atoms with Crippen molar-refractivity contribution in [1.29, 1.82) is 0 Å². The smallest absolute Gasteiger partial charge is 0.269 e. The van der Waals surface area contributed by atoms with Gasteiger partial charge in [0.1, 0.15) is 0 Å². The van der Waals surface area contributed by atoms with Crippen molar-refractivity contribution in [3.05, 3.63) is 75.3 Å². The van der Waals surface area contributed by atoms with Gasteiger partial charge in [0.25, 0.3) is 11.6 Å². The van der Waals surface area contributed by atoms with Crippen LogP contribution in [0.15, 0.2) is 48.5 Å². The fourth-order valence-electron chi connectivity index (χ4n) is 1.82. The first-order valence-corrected chi connectivity index (χ1v) is 6.80. The van der Waals surface area contributed by atoms with Crippen molar-refractivity contribution >= 4 is 23.2 Å². The molecule has 0 aliphatic heterocycles. The van der Waals surface area contributed by atoms with E-state index in [1.54, 1.807) is 30.3 Å². The highest BCUT2D eigenvalue weighted by Gasteiger charge is 2.07. The highest BCUT2D eigenvalue weighted by molar-refractivity contribution is 6.17. The quantitative estimate of drug-likeness (QED) is 0.523. The van der Waals surface area contributed by atoms with Gasteiger partial charge in [0.05, 0.1) is 4.92 Å². The van der Waals surface area contributed by atoms with Gasteiger partial charge in [-0.15, -0.1) is 11.6 Å². The molecule has 1 amide bonds. The topological polar surface area (TPSA) is 72.2 Å². The molecule has 0 fully saturated rings. The fourth-order valence-corrected chi connectivity index (χ4v) is 1.98. The highest BCUT2D eigenvalue weighted by Crippen LogP contribution is 2.12. The predicted molar refractivity (Wildman–Crippen MR) is 80.3 cm³/mol. The summed E-state index contributed by atoms with van der Waals surface area (Å²) in [5, 5.41) is 13.3. The molecule has 0 bridgehead atoms. The largest absolute Gasteiger partial charge is 0.348 e. The summed E-state index contributed by atoms with van der Waals surface area (Å²) in [6.45, 7) is 0.307. The SMILES string of the molecule is O=C(NCc1ccc([N+](=O)[O-])cc1)c1cccc(CCl)c1. The summed E-state index contributed by atoms with van der Waals surface area (Å²) in [5.74, 6) is 0.143. The molecule has 6 heteroatoms. The number of benzene rings is 2. The zero-order chi connectivity index (χ0) is 15.2. The maximum atomic E-state index is 12.0. The number of hydrogen-bond acceptors (Lipinski definition) is 3. The number of hydrogen-bond donors (Lipinski definition) is 1. The number of alkyl halides is 1. The molecule has 0 aliphatic rings. The first kappa shape index (κ1) is 15.0. The molecule has 108 valence electrons. The van der Waals surface area contributed by atoms with Crippen LogP contribution in [-0.2, 0) is 12.4 Å². The van der Waals surface area contributed by atoms with E-state index < -0.39 is 4.92 Å². The van der Waals surface area contributed by atoms with Gasteiger partial charge in [-0.3, -0.25) is 14.9 Å². The van der Waals surface area contributed by atoms with E-state index >= 15 is 0 Å². The molecule has 0 atom stereocenters. The van der Waals surface area contributed by atoms with Crippen molar-refractivity contribution in [2.24, 2.45) is 0 Å². The van der Waals surface area contributed by atoms with E-state index in [1.165, 1.54) is 12.1 Å². The second kappa shape index (κ2) is 6.85. The minimum atomic E-state index is -0.458. The number of nitro groups is 1. The number of nitrogens with zero attached hydrogens (tertiary/aromatic N) is 1. The van der Waals surface area contributed by atoms with Crippen molar-refractivity contribution in [3.8, 4) is 0 Å². The van der Waals surface area contributed by atoms with Crippen LogP contribution in [0.2, 0.25) is 0 Å². The van der Waals surface area contributed by atoms with Gasteiger partial charge in [-0.1, -0.05) is 24.3 Å². The van der Waals surface area contributed by atoms with Gasteiger partial charge in [0, 0.05) is 30.1 Å². The van der Waals surface area contributed by atoms with E-state index in [-0.39, 0.29) is 11.6 Å². The minimum absolute atomic E-state index is 0.0277. The van der Waals surface area contributed by atoms with Gasteiger partial charge in [-0.25, -0.2) is 0 Å². The van der Waals surface area contributed by atoms with Gasteiger partial charge in [0.2, 0.25) is 0 Å². The number of amides is 1. The molecule has 2 aromatic carbocycles. The first-order valence-electron chi connectivity index (χ1n) is 6.26. The summed E-state index contributed by atoms with van der Waals surface area (Å²) in [5.41, 5.74) is 2.23. The second-order valence-corrected chi connectivity index (χ2v) is 4.71. The van der Waals surface area contributed by atoms with E-state index in [2.05, 4.69) is 5.32 Å². The highest BCUT2D eigenvalue weighted by atomic mass is 35.5. The molecule has 5 nitrogen and oxygen atoms in total. The predicted octanol–water partition coefficient (Wildman–Crippen LogP) is 3.26. The number of nitrogens with one attached hydrogen (secondary N) is 1. The van der Waals surface area contributed by atoms with Crippen molar-refractivity contribution in [2.75, 3.05) is 0 Å². The van der Waals surface area contributed by atoms with Crippen LogP contribution in [0, 0.1) is 10.1 Å². The Kier molecular flexibility index (Phi) is 4.90. The Hall–Kier alpha value is -2.40. The number of nitro benzene ring substituents is 1. The van der Waals surface area contributed by atoms with Crippen LogP contribution in [-0.4, -0.2) is 10.8 Å². The van der Waals surface area contributed by atoms with Crippen molar-refractivity contribution in [2.45, 2.75) is 12.4 Å². The van der Waals surface area contributed by atoms with Crippen LogP contribution in [0.5, 0.6) is 0 Å². The molecule has 0 radical (unpaired) electrons. The van der Waals surface area contributed by atoms with E-state index in [0.29, 0.717) is 18.0 Å². The van der Waals surface area contributed by atoms with E-state index in [1.807, 2.05) is 6.07 Å². The van der Waals surface area contributed by atoms with Gasteiger partial charge >= 0.3 is 0 Å². The summed E-state index contributed by atoms with van der Waals surface area (Å²) >= 11 is 5.73. The Morgan fingerprint density at radius 1 is 1.14 bits per heavy atom. The number of halogens is 1. The lowest BCUT2D eigenvalue weighted by Crippen LogP contribution is -2.22.